The molecule has 1 N–H and O–H groups in total. The SMILES string of the molecule is Cc1cc(CS(=O)CC2(CC(=O)O)CC2)n(C)n1. The number of aliphatic carboxylic acids is 1. The minimum atomic E-state index is -1.02. The van der Waals surface area contributed by atoms with Crippen LogP contribution in [0.1, 0.15) is 30.7 Å². The standard InChI is InChI=1S/C12H18N2O3S/c1-9-5-10(14(2)13-9)7-18(17)8-12(3-4-12)6-11(15)16/h5H,3-4,6-8H2,1-2H3,(H,15,16). The zero-order valence-corrected chi connectivity index (χ0v) is 11.5. The van der Waals surface area contributed by atoms with Crippen LogP contribution in [0.15, 0.2) is 6.07 Å². The van der Waals surface area contributed by atoms with E-state index in [0.717, 1.165) is 24.2 Å². The second kappa shape index (κ2) is 4.84. The van der Waals surface area contributed by atoms with Crippen LogP contribution < -0.4 is 0 Å². The van der Waals surface area contributed by atoms with Crippen LogP contribution in [-0.4, -0.2) is 30.8 Å². The van der Waals surface area contributed by atoms with E-state index in [1.807, 2.05) is 20.0 Å². The fraction of sp³-hybridized carbons (Fsp3) is 0.667. The lowest BCUT2D eigenvalue weighted by molar-refractivity contribution is -0.138. The molecule has 0 aromatic carbocycles. The summed E-state index contributed by atoms with van der Waals surface area (Å²) in [5.74, 6) is 0.156. The molecule has 100 valence electrons. The average Bonchev–Trinajstić information content (AvgIpc) is 2.86. The van der Waals surface area contributed by atoms with Crippen molar-refractivity contribution in [3.05, 3.63) is 17.5 Å². The summed E-state index contributed by atoms with van der Waals surface area (Å²) in [5, 5.41) is 13.0. The highest BCUT2D eigenvalue weighted by Gasteiger charge is 2.45. The third kappa shape index (κ3) is 3.19. The summed E-state index contributed by atoms with van der Waals surface area (Å²) in [6.07, 6.45) is 1.91. The van der Waals surface area contributed by atoms with Gasteiger partial charge in [-0.2, -0.15) is 5.10 Å². The zero-order chi connectivity index (χ0) is 13.3. The van der Waals surface area contributed by atoms with Gasteiger partial charge in [-0.05, 0) is 31.2 Å². The van der Waals surface area contributed by atoms with Gasteiger partial charge in [-0.25, -0.2) is 0 Å². The van der Waals surface area contributed by atoms with Crippen molar-refractivity contribution in [2.75, 3.05) is 5.75 Å². The topological polar surface area (TPSA) is 72.2 Å². The van der Waals surface area contributed by atoms with Gasteiger partial charge in [0, 0.05) is 23.6 Å². The van der Waals surface area contributed by atoms with Gasteiger partial charge in [-0.1, -0.05) is 0 Å². The molecule has 1 heterocycles. The maximum Gasteiger partial charge on any atom is 0.303 e. The maximum atomic E-state index is 12.1. The fourth-order valence-electron chi connectivity index (χ4n) is 2.23. The van der Waals surface area contributed by atoms with Crippen molar-refractivity contribution in [2.45, 2.75) is 31.9 Å². The number of hydrogen-bond acceptors (Lipinski definition) is 3. The first-order valence-corrected chi connectivity index (χ1v) is 7.45. The van der Waals surface area contributed by atoms with Crippen LogP contribution in [0.3, 0.4) is 0 Å². The van der Waals surface area contributed by atoms with E-state index in [0.29, 0.717) is 11.5 Å². The molecule has 0 spiro atoms. The second-order valence-electron chi connectivity index (χ2n) is 5.20. The average molecular weight is 270 g/mol. The Bertz CT molecular complexity index is 492. The zero-order valence-electron chi connectivity index (χ0n) is 10.7. The molecule has 0 saturated heterocycles. The lowest BCUT2D eigenvalue weighted by Gasteiger charge is -2.11. The van der Waals surface area contributed by atoms with Crippen LogP contribution in [0, 0.1) is 12.3 Å². The van der Waals surface area contributed by atoms with Gasteiger partial charge in [0.15, 0.2) is 0 Å². The van der Waals surface area contributed by atoms with E-state index < -0.39 is 16.8 Å². The number of carboxylic acids is 1. The molecule has 1 aromatic heterocycles. The van der Waals surface area contributed by atoms with Crippen molar-refractivity contribution >= 4 is 16.8 Å². The Kier molecular flexibility index (Phi) is 3.56. The third-order valence-electron chi connectivity index (χ3n) is 3.36. The summed E-state index contributed by atoms with van der Waals surface area (Å²) in [7, 11) is 0.822. The molecule has 1 atom stereocenters. The summed E-state index contributed by atoms with van der Waals surface area (Å²) in [5.41, 5.74) is 1.65. The normalized spacial score (nSPS) is 18.6. The van der Waals surface area contributed by atoms with Crippen molar-refractivity contribution in [1.29, 1.82) is 0 Å². The molecular formula is C12H18N2O3S. The number of hydrogen-bond donors (Lipinski definition) is 1. The first kappa shape index (κ1) is 13.3. The lowest BCUT2D eigenvalue weighted by Crippen LogP contribution is -2.18. The monoisotopic (exact) mass is 270 g/mol. The van der Waals surface area contributed by atoms with E-state index in [2.05, 4.69) is 5.10 Å². The molecule has 2 rings (SSSR count). The first-order chi connectivity index (χ1) is 8.40. The van der Waals surface area contributed by atoms with Crippen molar-refractivity contribution in [1.82, 2.24) is 9.78 Å². The molecule has 1 saturated carbocycles. The van der Waals surface area contributed by atoms with Gasteiger partial charge in [-0.3, -0.25) is 13.7 Å². The van der Waals surface area contributed by atoms with Gasteiger partial charge in [0.1, 0.15) is 0 Å². The van der Waals surface area contributed by atoms with Gasteiger partial charge in [-0.15, -0.1) is 0 Å². The Hall–Kier alpha value is -1.17. The van der Waals surface area contributed by atoms with Gasteiger partial charge in [0.25, 0.3) is 0 Å². The van der Waals surface area contributed by atoms with Crippen LogP contribution >= 0.6 is 0 Å². The van der Waals surface area contributed by atoms with Crippen molar-refractivity contribution in [2.24, 2.45) is 12.5 Å². The predicted octanol–water partition coefficient (Wildman–Crippen LogP) is 1.23. The Labute approximate surface area is 109 Å². The molecule has 5 nitrogen and oxygen atoms in total. The molecule has 1 aromatic rings. The molecule has 1 unspecified atom stereocenters. The summed E-state index contributed by atoms with van der Waals surface area (Å²) >= 11 is 0. The van der Waals surface area contributed by atoms with Crippen molar-refractivity contribution in [3.63, 3.8) is 0 Å². The third-order valence-corrected chi connectivity index (χ3v) is 4.91. The summed E-state index contributed by atoms with van der Waals surface area (Å²) in [6, 6.07) is 1.93. The fourth-order valence-corrected chi connectivity index (χ4v) is 4.00. The molecular weight excluding hydrogens is 252 g/mol. The van der Waals surface area contributed by atoms with E-state index in [1.165, 1.54) is 0 Å². The molecule has 0 radical (unpaired) electrons. The number of aromatic nitrogens is 2. The van der Waals surface area contributed by atoms with E-state index in [4.69, 9.17) is 5.11 Å². The first-order valence-electron chi connectivity index (χ1n) is 5.96. The van der Waals surface area contributed by atoms with Crippen molar-refractivity contribution in [3.8, 4) is 0 Å². The van der Waals surface area contributed by atoms with Gasteiger partial charge < -0.3 is 5.11 Å². The Morgan fingerprint density at radius 2 is 2.28 bits per heavy atom. The van der Waals surface area contributed by atoms with E-state index in [1.54, 1.807) is 4.68 Å². The van der Waals surface area contributed by atoms with Crippen LogP contribution in [0.4, 0.5) is 0 Å². The van der Waals surface area contributed by atoms with Crippen LogP contribution in [-0.2, 0) is 28.4 Å². The Morgan fingerprint density at radius 3 is 2.72 bits per heavy atom. The molecule has 0 aliphatic heterocycles. The number of carbonyl (C=O) groups is 1. The molecule has 0 bridgehead atoms. The minimum Gasteiger partial charge on any atom is -0.481 e. The van der Waals surface area contributed by atoms with E-state index in [-0.39, 0.29) is 11.8 Å². The van der Waals surface area contributed by atoms with Gasteiger partial charge in [0.2, 0.25) is 0 Å². The molecule has 1 aliphatic rings. The number of rotatable bonds is 6. The number of aryl methyl sites for hydroxylation is 2. The molecule has 1 fully saturated rings. The molecule has 0 amide bonds. The van der Waals surface area contributed by atoms with Crippen LogP contribution in [0.2, 0.25) is 0 Å². The Balaban J connectivity index is 1.93. The highest BCUT2D eigenvalue weighted by atomic mass is 32.2. The highest BCUT2D eigenvalue weighted by molar-refractivity contribution is 7.84. The van der Waals surface area contributed by atoms with Gasteiger partial charge >= 0.3 is 5.97 Å². The summed E-state index contributed by atoms with van der Waals surface area (Å²) in [6.45, 7) is 1.90. The second-order valence-corrected chi connectivity index (χ2v) is 6.66. The largest absolute Gasteiger partial charge is 0.481 e. The number of carboxylic acid groups (broad SMARTS) is 1. The Morgan fingerprint density at radius 1 is 1.61 bits per heavy atom. The predicted molar refractivity (Wildman–Crippen MR) is 68.6 cm³/mol. The van der Waals surface area contributed by atoms with Crippen LogP contribution in [0.25, 0.3) is 0 Å². The maximum absolute atomic E-state index is 12.1. The van der Waals surface area contributed by atoms with E-state index in [9.17, 15) is 9.00 Å². The summed E-state index contributed by atoms with van der Waals surface area (Å²) < 4.78 is 13.8. The quantitative estimate of drug-likeness (QED) is 0.844. The summed E-state index contributed by atoms with van der Waals surface area (Å²) in [4.78, 5) is 10.7. The minimum absolute atomic E-state index is 0.142. The van der Waals surface area contributed by atoms with Gasteiger partial charge in [0.05, 0.1) is 23.6 Å². The van der Waals surface area contributed by atoms with Crippen molar-refractivity contribution < 1.29 is 14.1 Å². The van der Waals surface area contributed by atoms with Crippen LogP contribution in [0.5, 0.6) is 0 Å². The molecule has 1 aliphatic carbocycles. The smallest absolute Gasteiger partial charge is 0.303 e. The molecule has 6 heteroatoms. The number of nitrogens with zero attached hydrogens (tertiary/aromatic N) is 2. The van der Waals surface area contributed by atoms with E-state index >= 15 is 0 Å². The lowest BCUT2D eigenvalue weighted by atomic mass is 10.1. The highest BCUT2D eigenvalue weighted by Crippen LogP contribution is 2.49. The molecule has 18 heavy (non-hydrogen) atoms.